The van der Waals surface area contributed by atoms with Gasteiger partial charge in [-0.2, -0.15) is 0 Å². The lowest BCUT2D eigenvalue weighted by molar-refractivity contribution is -0.131. The van der Waals surface area contributed by atoms with Crippen LogP contribution in [0.25, 0.3) is 17.0 Å². The molecule has 10 nitrogen and oxygen atoms in total. The molecule has 0 aliphatic heterocycles. The molecule has 0 aliphatic carbocycles. The fourth-order valence-corrected chi connectivity index (χ4v) is 5.14. The summed E-state index contributed by atoms with van der Waals surface area (Å²) in [4.78, 5) is 22.8. The van der Waals surface area contributed by atoms with Gasteiger partial charge < -0.3 is 34.3 Å². The number of ether oxygens (including phenoxy) is 4. The second-order valence-electron chi connectivity index (χ2n) is 11.2. The molecule has 0 fully saturated rings. The quantitative estimate of drug-likeness (QED) is 0.0733. The maximum atomic E-state index is 11.3. The van der Waals surface area contributed by atoms with Crippen molar-refractivity contribution in [1.82, 2.24) is 14.9 Å². The van der Waals surface area contributed by atoms with Crippen molar-refractivity contribution in [2.24, 2.45) is 0 Å². The Morgan fingerprint density at radius 1 is 0.872 bits per heavy atom. The van der Waals surface area contributed by atoms with Crippen LogP contribution in [-0.4, -0.2) is 66.4 Å². The van der Waals surface area contributed by atoms with Gasteiger partial charge in [-0.1, -0.05) is 57.0 Å². The Balaban J connectivity index is 1.63. The molecule has 250 valence electrons. The molecule has 0 bridgehead atoms. The second-order valence-corrected chi connectivity index (χ2v) is 11.2. The summed E-state index contributed by atoms with van der Waals surface area (Å²) in [6, 6.07) is 17.0. The van der Waals surface area contributed by atoms with Crippen molar-refractivity contribution in [1.29, 1.82) is 0 Å². The minimum atomic E-state index is -1.05. The first-order chi connectivity index (χ1) is 22.9. The summed E-state index contributed by atoms with van der Waals surface area (Å²) in [6.07, 6.45) is 9.70. The lowest BCUT2D eigenvalue weighted by Gasteiger charge is -2.22. The summed E-state index contributed by atoms with van der Waals surface area (Å²) in [6.45, 7) is 8.48. The number of hydrogen-bond acceptors (Lipinski definition) is 9. The minimum absolute atomic E-state index is 0.296. The van der Waals surface area contributed by atoms with Crippen molar-refractivity contribution in [3.05, 3.63) is 78.1 Å². The van der Waals surface area contributed by atoms with Crippen LogP contribution in [-0.2, 0) is 11.4 Å². The first-order valence-electron chi connectivity index (χ1n) is 16.2. The largest absolute Gasteiger partial charge is 0.493 e. The summed E-state index contributed by atoms with van der Waals surface area (Å²) in [5.74, 6) is 1.54. The Labute approximate surface area is 277 Å². The number of carboxylic acid groups (broad SMARTS) is 1. The number of benzene rings is 3. The summed E-state index contributed by atoms with van der Waals surface area (Å²) in [5, 5.41) is 13.3. The molecule has 10 heteroatoms. The summed E-state index contributed by atoms with van der Waals surface area (Å²) in [5.41, 5.74) is 2.80. The molecule has 0 unspecified atom stereocenters. The van der Waals surface area contributed by atoms with Gasteiger partial charge in [0.15, 0.2) is 23.0 Å². The number of rotatable bonds is 20. The van der Waals surface area contributed by atoms with E-state index in [1.165, 1.54) is 38.1 Å². The third kappa shape index (κ3) is 10.3. The Hall–Kier alpha value is -4.83. The third-order valence-corrected chi connectivity index (χ3v) is 7.65. The Kier molecular flexibility index (Phi) is 13.7. The van der Waals surface area contributed by atoms with Crippen LogP contribution in [0.15, 0.2) is 67.0 Å². The molecule has 2 N–H and O–H groups in total. The van der Waals surface area contributed by atoms with Crippen molar-refractivity contribution in [2.75, 3.05) is 45.8 Å². The Morgan fingerprint density at radius 2 is 1.60 bits per heavy atom. The molecule has 47 heavy (non-hydrogen) atoms. The molecule has 4 rings (SSSR count). The molecule has 1 heterocycles. The van der Waals surface area contributed by atoms with Gasteiger partial charge >= 0.3 is 5.97 Å². The van der Waals surface area contributed by atoms with Gasteiger partial charge in [0, 0.05) is 24.1 Å². The van der Waals surface area contributed by atoms with Crippen LogP contribution >= 0.6 is 0 Å². The first-order valence-corrected chi connectivity index (χ1v) is 16.2. The van der Waals surface area contributed by atoms with E-state index in [2.05, 4.69) is 34.0 Å². The fraction of sp³-hybridized carbons (Fsp3) is 0.378. The number of unbranched alkanes of at least 4 members (excludes halogenated alkanes) is 2. The topological polar surface area (TPSA) is 115 Å². The van der Waals surface area contributed by atoms with Crippen LogP contribution < -0.4 is 24.3 Å². The number of carboxylic acids is 1. The lowest BCUT2D eigenvalue weighted by Crippen LogP contribution is -2.28. The number of anilines is 2. The molecular weight excluding hydrogens is 596 g/mol. The maximum Gasteiger partial charge on any atom is 0.328 e. The van der Waals surface area contributed by atoms with Gasteiger partial charge in [-0.15, -0.1) is 0 Å². The molecule has 4 aromatic rings. The van der Waals surface area contributed by atoms with Crippen LogP contribution in [0.5, 0.6) is 23.0 Å². The Morgan fingerprint density at radius 3 is 2.28 bits per heavy atom. The number of carbonyl (C=O) groups is 1. The van der Waals surface area contributed by atoms with Crippen molar-refractivity contribution < 1.29 is 28.8 Å². The molecule has 0 spiro atoms. The number of fused-ring (bicyclic) bond motifs is 1. The van der Waals surface area contributed by atoms with Crippen LogP contribution in [0, 0.1) is 0 Å². The van der Waals surface area contributed by atoms with Gasteiger partial charge in [0.25, 0.3) is 0 Å². The van der Waals surface area contributed by atoms with E-state index in [1.807, 2.05) is 42.5 Å². The van der Waals surface area contributed by atoms with Gasteiger partial charge in [-0.05, 0) is 67.8 Å². The molecule has 0 aliphatic rings. The molecule has 0 atom stereocenters. The molecule has 0 amide bonds. The molecule has 1 aromatic heterocycles. The molecule has 0 radical (unpaired) electrons. The van der Waals surface area contributed by atoms with Gasteiger partial charge in [-0.25, -0.2) is 14.8 Å². The van der Waals surface area contributed by atoms with E-state index in [0.717, 1.165) is 43.1 Å². The number of nitrogens with one attached hydrogen (secondary N) is 1. The van der Waals surface area contributed by atoms with E-state index >= 15 is 0 Å². The van der Waals surface area contributed by atoms with Crippen molar-refractivity contribution in [3.8, 4) is 23.0 Å². The van der Waals surface area contributed by atoms with E-state index in [-0.39, 0.29) is 0 Å². The highest BCUT2D eigenvalue weighted by Gasteiger charge is 2.18. The van der Waals surface area contributed by atoms with Crippen molar-refractivity contribution in [2.45, 2.75) is 52.6 Å². The average Bonchev–Trinajstić information content (AvgIpc) is 3.09. The van der Waals surface area contributed by atoms with E-state index in [1.54, 1.807) is 26.4 Å². The normalized spacial score (nSPS) is 11.3. The number of hydrogen-bond donors (Lipinski definition) is 2. The standard InChI is InChI=1S/C37H46N4O6/c1-5-7-17-41(18-8-6-2)19-12-20-46-33-23-29-30(24-32(33)44-3)38-26-39-37(29)40-31-21-28(15-16-35(42)43)22-34(45-4)36(31)47-25-27-13-10-9-11-14-27/h9-11,13-16,21-24,26H,5-8,12,17-20,25H2,1-4H3,(H,42,43)(H,38,39,40)/b16-15+. The summed E-state index contributed by atoms with van der Waals surface area (Å²) in [7, 11) is 3.16. The van der Waals surface area contributed by atoms with Crippen molar-refractivity contribution >= 4 is 34.5 Å². The molecule has 3 aromatic carbocycles. The molecular formula is C37H46N4O6. The number of aliphatic carboxylic acids is 1. The minimum Gasteiger partial charge on any atom is -0.493 e. The highest BCUT2D eigenvalue weighted by molar-refractivity contribution is 5.94. The van der Waals surface area contributed by atoms with Crippen LogP contribution in [0.4, 0.5) is 11.5 Å². The van der Waals surface area contributed by atoms with Crippen LogP contribution in [0.2, 0.25) is 0 Å². The average molecular weight is 643 g/mol. The summed E-state index contributed by atoms with van der Waals surface area (Å²) >= 11 is 0. The Bertz CT molecular complexity index is 1600. The third-order valence-electron chi connectivity index (χ3n) is 7.65. The van der Waals surface area contributed by atoms with Gasteiger partial charge in [0.2, 0.25) is 0 Å². The lowest BCUT2D eigenvalue weighted by atomic mass is 10.1. The zero-order valence-electron chi connectivity index (χ0n) is 27.8. The predicted molar refractivity (Wildman–Crippen MR) is 186 cm³/mol. The zero-order chi connectivity index (χ0) is 33.4. The maximum absolute atomic E-state index is 11.3. The monoisotopic (exact) mass is 642 g/mol. The zero-order valence-corrected chi connectivity index (χ0v) is 27.8. The molecule has 0 saturated carbocycles. The van der Waals surface area contributed by atoms with E-state index < -0.39 is 5.97 Å². The summed E-state index contributed by atoms with van der Waals surface area (Å²) < 4.78 is 23.9. The number of nitrogens with zero attached hydrogens (tertiary/aromatic N) is 3. The second kappa shape index (κ2) is 18.3. The van der Waals surface area contributed by atoms with E-state index in [9.17, 15) is 9.90 Å². The van der Waals surface area contributed by atoms with Crippen LogP contribution in [0.3, 0.4) is 0 Å². The van der Waals surface area contributed by atoms with Crippen molar-refractivity contribution in [3.63, 3.8) is 0 Å². The van der Waals surface area contributed by atoms with Crippen LogP contribution in [0.1, 0.15) is 57.1 Å². The van der Waals surface area contributed by atoms with Gasteiger partial charge in [-0.3, -0.25) is 0 Å². The highest BCUT2D eigenvalue weighted by atomic mass is 16.5. The molecule has 0 saturated heterocycles. The van der Waals surface area contributed by atoms with E-state index in [4.69, 9.17) is 18.9 Å². The smallest absolute Gasteiger partial charge is 0.328 e. The number of aromatic nitrogens is 2. The fourth-order valence-electron chi connectivity index (χ4n) is 5.14. The van der Waals surface area contributed by atoms with E-state index in [0.29, 0.717) is 58.8 Å². The predicted octanol–water partition coefficient (Wildman–Crippen LogP) is 7.74. The van der Waals surface area contributed by atoms with Gasteiger partial charge in [0.05, 0.1) is 32.0 Å². The van der Waals surface area contributed by atoms with Gasteiger partial charge in [0.1, 0.15) is 18.8 Å². The highest BCUT2D eigenvalue weighted by Crippen LogP contribution is 2.41. The SMILES string of the molecule is CCCCN(CCCC)CCCOc1cc2c(Nc3cc(/C=C/C(=O)O)cc(OC)c3OCc3ccccc3)ncnc2cc1OC. The first kappa shape index (κ1) is 35.0. The number of methoxy groups -OCH3 is 2.